The molecule has 0 aliphatic heterocycles. The lowest BCUT2D eigenvalue weighted by atomic mass is 10.2. The number of aromatic nitrogens is 2. The van der Waals surface area contributed by atoms with E-state index in [4.69, 9.17) is 21.1 Å². The molecule has 1 aromatic heterocycles. The van der Waals surface area contributed by atoms with E-state index in [0.717, 1.165) is 18.4 Å². The van der Waals surface area contributed by atoms with Gasteiger partial charge in [-0.15, -0.1) is 0 Å². The first-order valence-corrected chi connectivity index (χ1v) is 7.80. The lowest BCUT2D eigenvalue weighted by Gasteiger charge is -2.13. The number of ether oxygens (including phenoxy) is 2. The molecule has 1 heterocycles. The Morgan fingerprint density at radius 3 is 2.91 bits per heavy atom. The van der Waals surface area contributed by atoms with Crippen molar-refractivity contribution in [1.29, 1.82) is 0 Å². The number of benzene rings is 1. The Labute approximate surface area is 139 Å². The minimum atomic E-state index is -0.421. The van der Waals surface area contributed by atoms with Crippen molar-refractivity contribution in [2.75, 3.05) is 19.0 Å². The van der Waals surface area contributed by atoms with E-state index >= 15 is 0 Å². The van der Waals surface area contributed by atoms with Gasteiger partial charge in [0.2, 0.25) is 0 Å². The molecule has 0 radical (unpaired) electrons. The van der Waals surface area contributed by atoms with E-state index in [-0.39, 0.29) is 5.02 Å². The Morgan fingerprint density at radius 1 is 1.35 bits per heavy atom. The van der Waals surface area contributed by atoms with Crippen molar-refractivity contribution in [1.82, 2.24) is 10.2 Å². The van der Waals surface area contributed by atoms with Crippen molar-refractivity contribution < 1.29 is 9.47 Å². The Kier molecular flexibility index (Phi) is 6.29. The van der Waals surface area contributed by atoms with Crippen molar-refractivity contribution in [2.24, 2.45) is 0 Å². The molecular formula is C16H20ClN3O3. The largest absolute Gasteiger partial charge is 0.493 e. The second-order valence-corrected chi connectivity index (χ2v) is 5.35. The van der Waals surface area contributed by atoms with Gasteiger partial charge in [-0.25, -0.2) is 5.10 Å². The fourth-order valence-electron chi connectivity index (χ4n) is 1.97. The number of unbranched alkanes of at least 4 members (excludes halogenated alkanes) is 1. The summed E-state index contributed by atoms with van der Waals surface area (Å²) in [4.78, 5) is 11.4. The molecule has 0 bridgehead atoms. The van der Waals surface area contributed by atoms with Crippen LogP contribution in [0.25, 0.3) is 0 Å². The van der Waals surface area contributed by atoms with Gasteiger partial charge in [0.15, 0.2) is 11.5 Å². The SMILES string of the molecule is CCCCOc1cc(CNc2cn[nH]c(=O)c2Cl)ccc1OC. The minimum Gasteiger partial charge on any atom is -0.493 e. The molecule has 1 aromatic carbocycles. The van der Waals surface area contributed by atoms with Crippen LogP contribution in [0, 0.1) is 0 Å². The first kappa shape index (κ1) is 17.1. The number of hydrogen-bond donors (Lipinski definition) is 2. The van der Waals surface area contributed by atoms with Crippen molar-refractivity contribution in [3.8, 4) is 11.5 Å². The van der Waals surface area contributed by atoms with E-state index in [9.17, 15) is 4.79 Å². The lowest BCUT2D eigenvalue weighted by molar-refractivity contribution is 0.288. The molecule has 0 aliphatic carbocycles. The molecule has 0 aliphatic rings. The third kappa shape index (κ3) is 4.63. The van der Waals surface area contributed by atoms with E-state index in [1.54, 1.807) is 7.11 Å². The van der Waals surface area contributed by atoms with Crippen LogP contribution in [-0.2, 0) is 6.54 Å². The van der Waals surface area contributed by atoms with Gasteiger partial charge in [0, 0.05) is 6.54 Å². The summed E-state index contributed by atoms with van der Waals surface area (Å²) in [7, 11) is 1.61. The van der Waals surface area contributed by atoms with Crippen molar-refractivity contribution >= 4 is 17.3 Å². The predicted octanol–water partition coefficient (Wildman–Crippen LogP) is 3.22. The molecule has 0 saturated heterocycles. The summed E-state index contributed by atoms with van der Waals surface area (Å²) in [6.45, 7) is 3.24. The molecule has 0 fully saturated rings. The first-order valence-electron chi connectivity index (χ1n) is 7.42. The van der Waals surface area contributed by atoms with Crippen LogP contribution in [0.1, 0.15) is 25.3 Å². The molecule has 6 nitrogen and oxygen atoms in total. The maximum absolute atomic E-state index is 11.4. The highest BCUT2D eigenvalue weighted by Crippen LogP contribution is 2.28. The van der Waals surface area contributed by atoms with E-state index < -0.39 is 5.56 Å². The van der Waals surface area contributed by atoms with Gasteiger partial charge in [0.05, 0.1) is 25.6 Å². The highest BCUT2D eigenvalue weighted by atomic mass is 35.5. The van der Waals surface area contributed by atoms with E-state index in [2.05, 4.69) is 22.4 Å². The molecule has 0 saturated carbocycles. The molecule has 0 amide bonds. The number of halogens is 1. The second-order valence-electron chi connectivity index (χ2n) is 4.97. The second kappa shape index (κ2) is 8.43. The fourth-order valence-corrected chi connectivity index (χ4v) is 2.13. The van der Waals surface area contributed by atoms with E-state index in [1.165, 1.54) is 6.20 Å². The smallest absolute Gasteiger partial charge is 0.285 e. The molecule has 2 N–H and O–H groups in total. The fraction of sp³-hybridized carbons (Fsp3) is 0.375. The summed E-state index contributed by atoms with van der Waals surface area (Å²) >= 11 is 5.93. The van der Waals surface area contributed by atoms with E-state index in [0.29, 0.717) is 30.3 Å². The molecule has 2 rings (SSSR count). The Balaban J connectivity index is 2.09. The number of hydrogen-bond acceptors (Lipinski definition) is 5. The highest BCUT2D eigenvalue weighted by molar-refractivity contribution is 6.32. The molecule has 23 heavy (non-hydrogen) atoms. The van der Waals surface area contributed by atoms with Crippen molar-refractivity contribution in [3.05, 3.63) is 45.3 Å². The number of H-pyrrole nitrogens is 1. The number of rotatable bonds is 8. The minimum absolute atomic E-state index is 0.0907. The van der Waals surface area contributed by atoms with Crippen LogP contribution in [0.2, 0.25) is 5.02 Å². The Morgan fingerprint density at radius 2 is 2.17 bits per heavy atom. The zero-order chi connectivity index (χ0) is 16.7. The van der Waals surface area contributed by atoms with Gasteiger partial charge < -0.3 is 14.8 Å². The number of anilines is 1. The molecule has 0 unspecified atom stereocenters. The van der Waals surface area contributed by atoms with Gasteiger partial charge in [-0.2, -0.15) is 5.10 Å². The zero-order valence-electron chi connectivity index (χ0n) is 13.2. The average Bonchev–Trinajstić information content (AvgIpc) is 2.56. The molecular weight excluding hydrogens is 318 g/mol. The summed E-state index contributed by atoms with van der Waals surface area (Å²) in [5.41, 5.74) is 1.04. The van der Waals surface area contributed by atoms with E-state index in [1.807, 2.05) is 18.2 Å². The molecule has 7 heteroatoms. The normalized spacial score (nSPS) is 10.4. The zero-order valence-corrected chi connectivity index (χ0v) is 13.9. The Bertz CT molecular complexity index is 703. The van der Waals surface area contributed by atoms with Crippen LogP contribution in [0.5, 0.6) is 11.5 Å². The number of methoxy groups -OCH3 is 1. The number of nitrogens with one attached hydrogen (secondary N) is 2. The van der Waals surface area contributed by atoms with Crippen LogP contribution in [0.15, 0.2) is 29.2 Å². The summed E-state index contributed by atoms with van der Waals surface area (Å²) in [6.07, 6.45) is 3.53. The third-order valence-corrected chi connectivity index (χ3v) is 3.64. The van der Waals surface area contributed by atoms with Crippen LogP contribution in [0.4, 0.5) is 5.69 Å². The summed E-state index contributed by atoms with van der Waals surface area (Å²) in [5.74, 6) is 1.40. The topological polar surface area (TPSA) is 76.2 Å². The summed E-state index contributed by atoms with van der Waals surface area (Å²) in [5, 5.41) is 9.18. The van der Waals surface area contributed by atoms with Crippen molar-refractivity contribution in [2.45, 2.75) is 26.3 Å². The van der Waals surface area contributed by atoms with Crippen molar-refractivity contribution in [3.63, 3.8) is 0 Å². The lowest BCUT2D eigenvalue weighted by Crippen LogP contribution is -2.11. The van der Waals surface area contributed by atoms with Crippen LogP contribution in [-0.4, -0.2) is 23.9 Å². The average molecular weight is 338 g/mol. The van der Waals surface area contributed by atoms with Gasteiger partial charge in [-0.05, 0) is 24.1 Å². The standard InChI is InChI=1S/C16H20ClN3O3/c1-3-4-7-23-14-8-11(5-6-13(14)22-2)9-18-12-10-19-20-16(21)15(12)17/h5-6,8,10H,3-4,7,9H2,1-2H3,(H2,18,20,21). The molecule has 0 atom stereocenters. The maximum Gasteiger partial charge on any atom is 0.285 e. The Hall–Kier alpha value is -2.21. The van der Waals surface area contributed by atoms with Gasteiger partial charge >= 0.3 is 0 Å². The van der Waals surface area contributed by atoms with Crippen LogP contribution >= 0.6 is 11.6 Å². The maximum atomic E-state index is 11.4. The van der Waals surface area contributed by atoms with Gasteiger partial charge in [-0.3, -0.25) is 4.79 Å². The monoisotopic (exact) mass is 337 g/mol. The van der Waals surface area contributed by atoms with Crippen LogP contribution in [0.3, 0.4) is 0 Å². The molecule has 0 spiro atoms. The quantitative estimate of drug-likeness (QED) is 0.723. The first-order chi connectivity index (χ1) is 11.2. The predicted molar refractivity (Wildman–Crippen MR) is 90.6 cm³/mol. The van der Waals surface area contributed by atoms with Gasteiger partial charge in [0.25, 0.3) is 5.56 Å². The molecule has 124 valence electrons. The van der Waals surface area contributed by atoms with Crippen LogP contribution < -0.4 is 20.3 Å². The summed E-state index contributed by atoms with van der Waals surface area (Å²) < 4.78 is 11.1. The van der Waals surface area contributed by atoms with Gasteiger partial charge in [-0.1, -0.05) is 31.0 Å². The molecule has 2 aromatic rings. The number of aromatic amines is 1. The highest BCUT2D eigenvalue weighted by Gasteiger charge is 2.08. The van der Waals surface area contributed by atoms with Gasteiger partial charge in [0.1, 0.15) is 5.02 Å². The summed E-state index contributed by atoms with van der Waals surface area (Å²) in [6, 6.07) is 5.69. The number of nitrogens with zero attached hydrogens (tertiary/aromatic N) is 1. The third-order valence-electron chi connectivity index (χ3n) is 3.26.